The second-order valence-corrected chi connectivity index (χ2v) is 12.9. The molecule has 0 N–H and O–H groups in total. The van der Waals surface area contributed by atoms with Crippen molar-refractivity contribution in [2.45, 2.75) is 32.4 Å². The molecule has 0 amide bonds. The monoisotopic (exact) mass is 353 g/mol. The van der Waals surface area contributed by atoms with Crippen molar-refractivity contribution in [1.29, 1.82) is 0 Å². The van der Waals surface area contributed by atoms with Crippen LogP contribution in [0.2, 0.25) is 25.7 Å². The Balaban J connectivity index is 1.84. The molecular weight excluding hydrogens is 330 g/mol. The van der Waals surface area contributed by atoms with Crippen LogP contribution in [0.25, 0.3) is 11.0 Å². The van der Waals surface area contributed by atoms with E-state index in [9.17, 15) is 4.79 Å². The van der Waals surface area contributed by atoms with Crippen LogP contribution in [0.4, 0.5) is 0 Å². The lowest BCUT2D eigenvalue weighted by atomic mass is 10.0. The van der Waals surface area contributed by atoms with Crippen molar-refractivity contribution in [2.24, 2.45) is 0 Å². The van der Waals surface area contributed by atoms with Gasteiger partial charge >= 0.3 is 0 Å². The van der Waals surface area contributed by atoms with Crippen LogP contribution >= 0.6 is 0 Å². The van der Waals surface area contributed by atoms with Crippen molar-refractivity contribution in [1.82, 2.24) is 14.5 Å². The summed E-state index contributed by atoms with van der Waals surface area (Å²) in [6, 6.07) is 10.4. The number of ether oxygens (including phenoxy) is 1. The predicted octanol–water partition coefficient (Wildman–Crippen LogP) is 3.97. The zero-order chi connectivity index (χ0) is 17.9. The highest BCUT2D eigenvalue weighted by molar-refractivity contribution is 6.76. The zero-order valence-corrected chi connectivity index (χ0v) is 15.9. The molecular formula is C19H23N3O2Si. The molecule has 0 atom stereocenters. The van der Waals surface area contributed by atoms with Crippen LogP contribution < -0.4 is 0 Å². The highest BCUT2D eigenvalue weighted by atomic mass is 28.3. The molecule has 3 aromatic rings. The Labute approximate surface area is 148 Å². The summed E-state index contributed by atoms with van der Waals surface area (Å²) in [6.45, 7) is 8.09. The number of hydrogen-bond donors (Lipinski definition) is 0. The molecule has 3 rings (SSSR count). The van der Waals surface area contributed by atoms with E-state index in [1.54, 1.807) is 6.20 Å². The maximum Gasteiger partial charge on any atom is 0.195 e. The molecule has 0 aliphatic rings. The fraction of sp³-hybridized carbons (Fsp3) is 0.316. The topological polar surface area (TPSA) is 57.0 Å². The van der Waals surface area contributed by atoms with Gasteiger partial charge in [0.05, 0.1) is 5.56 Å². The molecule has 25 heavy (non-hydrogen) atoms. The molecule has 5 nitrogen and oxygen atoms in total. The lowest BCUT2D eigenvalue weighted by Gasteiger charge is -2.15. The molecule has 0 fully saturated rings. The van der Waals surface area contributed by atoms with Crippen molar-refractivity contribution in [2.75, 3.05) is 6.61 Å². The molecule has 0 unspecified atom stereocenters. The quantitative estimate of drug-likeness (QED) is 0.366. The summed E-state index contributed by atoms with van der Waals surface area (Å²) in [5, 5.41) is 0.755. The fourth-order valence-electron chi connectivity index (χ4n) is 2.59. The Bertz CT molecular complexity index is 869. The number of nitrogens with zero attached hydrogens (tertiary/aromatic N) is 3. The summed E-state index contributed by atoms with van der Waals surface area (Å²) in [5.74, 6) is -0.0266. The number of carbonyl (C=O) groups excluding carboxylic acids is 1. The molecule has 2 aromatic heterocycles. The van der Waals surface area contributed by atoms with Gasteiger partial charge in [0.25, 0.3) is 0 Å². The first-order valence-electron chi connectivity index (χ1n) is 8.42. The third kappa shape index (κ3) is 4.21. The fourth-order valence-corrected chi connectivity index (χ4v) is 3.35. The minimum absolute atomic E-state index is 0.0266. The van der Waals surface area contributed by atoms with Crippen molar-refractivity contribution < 1.29 is 9.53 Å². The number of benzene rings is 1. The Morgan fingerprint density at radius 1 is 1.20 bits per heavy atom. The second kappa shape index (κ2) is 7.29. The summed E-state index contributed by atoms with van der Waals surface area (Å²) < 4.78 is 7.71. The SMILES string of the molecule is C[Si](C)(C)CCOCn1cc(C(=O)c2ccccc2)c2cncnc21. The van der Waals surface area contributed by atoms with E-state index < -0.39 is 8.07 Å². The maximum absolute atomic E-state index is 12.8. The maximum atomic E-state index is 12.8. The number of rotatable bonds is 7. The molecule has 0 bridgehead atoms. The minimum Gasteiger partial charge on any atom is -0.361 e. The molecule has 0 saturated carbocycles. The van der Waals surface area contributed by atoms with E-state index in [4.69, 9.17) is 4.74 Å². The smallest absolute Gasteiger partial charge is 0.195 e. The first-order valence-corrected chi connectivity index (χ1v) is 12.1. The van der Waals surface area contributed by atoms with Crippen molar-refractivity contribution in [3.05, 3.63) is 60.2 Å². The van der Waals surface area contributed by atoms with E-state index >= 15 is 0 Å². The van der Waals surface area contributed by atoms with Crippen LogP contribution in [0.15, 0.2) is 49.1 Å². The van der Waals surface area contributed by atoms with E-state index in [0.717, 1.165) is 23.7 Å². The Morgan fingerprint density at radius 2 is 1.96 bits per heavy atom. The van der Waals surface area contributed by atoms with E-state index in [-0.39, 0.29) is 5.78 Å². The largest absolute Gasteiger partial charge is 0.361 e. The number of fused-ring (bicyclic) bond motifs is 1. The average molecular weight is 353 g/mol. The Hall–Kier alpha value is -2.31. The molecule has 0 saturated heterocycles. The molecule has 0 aliphatic carbocycles. The Morgan fingerprint density at radius 3 is 2.68 bits per heavy atom. The summed E-state index contributed by atoms with van der Waals surface area (Å²) >= 11 is 0. The van der Waals surface area contributed by atoms with E-state index in [1.807, 2.05) is 41.1 Å². The normalized spacial score (nSPS) is 11.8. The average Bonchev–Trinajstić information content (AvgIpc) is 2.97. The molecule has 6 heteroatoms. The van der Waals surface area contributed by atoms with E-state index in [0.29, 0.717) is 17.9 Å². The lowest BCUT2D eigenvalue weighted by molar-refractivity contribution is 0.0896. The summed E-state index contributed by atoms with van der Waals surface area (Å²) in [4.78, 5) is 21.2. The number of ketones is 1. The summed E-state index contributed by atoms with van der Waals surface area (Å²) in [5.41, 5.74) is 1.99. The third-order valence-electron chi connectivity index (χ3n) is 4.05. The number of aromatic nitrogens is 3. The van der Waals surface area contributed by atoms with Gasteiger partial charge in [0, 0.05) is 38.0 Å². The molecule has 0 spiro atoms. The van der Waals surface area contributed by atoms with Gasteiger partial charge in [-0.1, -0.05) is 50.0 Å². The van der Waals surface area contributed by atoms with E-state index in [2.05, 4.69) is 29.6 Å². The summed E-state index contributed by atoms with van der Waals surface area (Å²) in [7, 11) is -1.12. The van der Waals surface area contributed by atoms with Crippen LogP contribution in [0.1, 0.15) is 15.9 Å². The Kier molecular flexibility index (Phi) is 5.10. The molecule has 0 aliphatic heterocycles. The van der Waals surface area contributed by atoms with Crippen LogP contribution in [0, 0.1) is 0 Å². The van der Waals surface area contributed by atoms with Crippen molar-refractivity contribution >= 4 is 24.9 Å². The van der Waals surface area contributed by atoms with Gasteiger partial charge in [0.1, 0.15) is 18.7 Å². The van der Waals surface area contributed by atoms with Crippen LogP contribution in [0.3, 0.4) is 0 Å². The number of hydrogen-bond acceptors (Lipinski definition) is 4. The van der Waals surface area contributed by atoms with Crippen LogP contribution in [-0.2, 0) is 11.5 Å². The van der Waals surface area contributed by atoms with Gasteiger partial charge in [0.2, 0.25) is 0 Å². The second-order valence-electron chi connectivity index (χ2n) is 7.32. The van der Waals surface area contributed by atoms with Crippen LogP contribution in [0.5, 0.6) is 0 Å². The first-order chi connectivity index (χ1) is 12.0. The van der Waals surface area contributed by atoms with Gasteiger partial charge in [-0.05, 0) is 6.04 Å². The summed E-state index contributed by atoms with van der Waals surface area (Å²) in [6.07, 6.45) is 5.01. The molecule has 2 heterocycles. The predicted molar refractivity (Wildman–Crippen MR) is 102 cm³/mol. The molecule has 130 valence electrons. The highest BCUT2D eigenvalue weighted by Gasteiger charge is 2.18. The van der Waals surface area contributed by atoms with Gasteiger partial charge in [-0.3, -0.25) is 4.79 Å². The van der Waals surface area contributed by atoms with Crippen molar-refractivity contribution in [3.8, 4) is 0 Å². The molecule has 0 radical (unpaired) electrons. The van der Waals surface area contributed by atoms with Gasteiger partial charge < -0.3 is 9.30 Å². The standard InChI is InChI=1S/C19H23N3O2Si/c1-25(2,3)10-9-24-14-22-12-17(16-11-20-13-21-19(16)22)18(23)15-7-5-4-6-8-15/h4-8,11-13H,9-10,14H2,1-3H3. The lowest BCUT2D eigenvalue weighted by Crippen LogP contribution is -2.22. The van der Waals surface area contributed by atoms with Gasteiger partial charge in [0.15, 0.2) is 5.78 Å². The first kappa shape index (κ1) is 17.5. The number of carbonyl (C=O) groups is 1. The third-order valence-corrected chi connectivity index (χ3v) is 5.75. The van der Waals surface area contributed by atoms with Gasteiger partial charge in [-0.15, -0.1) is 0 Å². The van der Waals surface area contributed by atoms with Gasteiger partial charge in [-0.2, -0.15) is 0 Å². The highest BCUT2D eigenvalue weighted by Crippen LogP contribution is 2.22. The minimum atomic E-state index is -1.12. The molecule has 1 aromatic carbocycles. The van der Waals surface area contributed by atoms with E-state index in [1.165, 1.54) is 6.33 Å². The van der Waals surface area contributed by atoms with Gasteiger partial charge in [-0.25, -0.2) is 9.97 Å². The zero-order valence-electron chi connectivity index (χ0n) is 14.9. The van der Waals surface area contributed by atoms with Crippen LogP contribution in [-0.4, -0.2) is 35.0 Å². The van der Waals surface area contributed by atoms with Crippen molar-refractivity contribution in [3.63, 3.8) is 0 Å².